The minimum Gasteiger partial charge on any atom is -0.378 e. The molecule has 2 amide bonds. The van der Waals surface area contributed by atoms with Crippen molar-refractivity contribution in [3.8, 4) is 0 Å². The second-order valence-electron chi connectivity index (χ2n) is 7.87. The third-order valence-electron chi connectivity index (χ3n) is 6.37. The van der Waals surface area contributed by atoms with E-state index in [1.165, 1.54) is 6.42 Å². The van der Waals surface area contributed by atoms with Crippen molar-refractivity contribution >= 4 is 23.7 Å². The van der Waals surface area contributed by atoms with Crippen molar-refractivity contribution in [1.29, 1.82) is 0 Å². The van der Waals surface area contributed by atoms with Gasteiger partial charge in [-0.25, -0.2) is 0 Å². The van der Waals surface area contributed by atoms with Crippen molar-refractivity contribution in [2.75, 3.05) is 19.0 Å². The molecule has 25 heavy (non-hydrogen) atoms. The highest BCUT2D eigenvalue weighted by molar-refractivity contribution is 6.06. The zero-order chi connectivity index (χ0) is 17.3. The van der Waals surface area contributed by atoms with Gasteiger partial charge >= 0.3 is 0 Å². The van der Waals surface area contributed by atoms with Gasteiger partial charge in [-0.05, 0) is 47.8 Å². The number of benzene rings is 1. The quantitative estimate of drug-likeness (QED) is 0.483. The molecule has 1 aromatic rings. The first kappa shape index (κ1) is 14.9. The number of anilines is 1. The summed E-state index contributed by atoms with van der Waals surface area (Å²) in [6.45, 7) is 0. The van der Waals surface area contributed by atoms with Gasteiger partial charge in [0.05, 0.1) is 18.1 Å². The number of imide groups is 1. The van der Waals surface area contributed by atoms with E-state index in [1.807, 2.05) is 43.3 Å². The van der Waals surface area contributed by atoms with Crippen molar-refractivity contribution in [3.63, 3.8) is 0 Å². The van der Waals surface area contributed by atoms with Gasteiger partial charge in [0.2, 0.25) is 0 Å². The molecule has 1 aromatic carbocycles. The molecule has 1 heterocycles. The first-order valence-electron chi connectivity index (χ1n) is 8.94. The molecule has 128 valence electrons. The number of allylic oxidation sites excluding steroid dienone is 2. The molecule has 2 saturated carbocycles. The van der Waals surface area contributed by atoms with Crippen molar-refractivity contribution in [2.45, 2.75) is 6.42 Å². The Morgan fingerprint density at radius 2 is 1.56 bits per heavy atom. The Bertz CT molecular complexity index is 775. The van der Waals surface area contributed by atoms with Gasteiger partial charge in [-0.2, -0.15) is 10.1 Å². The summed E-state index contributed by atoms with van der Waals surface area (Å²) in [6.07, 6.45) is 7.15. The van der Waals surface area contributed by atoms with Crippen LogP contribution >= 0.6 is 0 Å². The third-order valence-corrected chi connectivity index (χ3v) is 6.37. The lowest BCUT2D eigenvalue weighted by Crippen LogP contribution is -2.40. The molecule has 0 spiro atoms. The molecule has 0 N–H and O–H groups in total. The predicted molar refractivity (Wildman–Crippen MR) is 94.9 cm³/mol. The molecule has 3 fully saturated rings. The first-order valence-corrected chi connectivity index (χ1v) is 8.94. The number of hydrogen-bond donors (Lipinski definition) is 0. The molecule has 5 aliphatic rings. The van der Waals surface area contributed by atoms with Crippen LogP contribution in [0.3, 0.4) is 0 Å². The number of rotatable bonds is 3. The maximum absolute atomic E-state index is 12.8. The Morgan fingerprint density at radius 1 is 1.00 bits per heavy atom. The lowest BCUT2D eigenvalue weighted by molar-refractivity contribution is -0.140. The van der Waals surface area contributed by atoms with Crippen molar-refractivity contribution in [1.82, 2.24) is 5.01 Å². The Morgan fingerprint density at radius 3 is 2.08 bits per heavy atom. The van der Waals surface area contributed by atoms with Gasteiger partial charge in [0.15, 0.2) is 0 Å². The summed E-state index contributed by atoms with van der Waals surface area (Å²) in [5.41, 5.74) is 1.98. The van der Waals surface area contributed by atoms with Gasteiger partial charge in [0, 0.05) is 19.8 Å². The van der Waals surface area contributed by atoms with E-state index in [2.05, 4.69) is 17.3 Å². The van der Waals surface area contributed by atoms with E-state index < -0.39 is 0 Å². The van der Waals surface area contributed by atoms with Crippen molar-refractivity contribution in [3.05, 3.63) is 42.0 Å². The van der Waals surface area contributed by atoms with E-state index in [4.69, 9.17) is 0 Å². The number of hydrazone groups is 1. The van der Waals surface area contributed by atoms with Crippen LogP contribution in [0.15, 0.2) is 41.5 Å². The topological polar surface area (TPSA) is 53.0 Å². The third kappa shape index (κ3) is 2.04. The van der Waals surface area contributed by atoms with Crippen molar-refractivity contribution in [2.24, 2.45) is 40.6 Å². The number of carbonyl (C=O) groups is 2. The molecule has 0 aromatic heterocycles. The molecule has 4 aliphatic carbocycles. The molecule has 1 aliphatic heterocycles. The Hall–Kier alpha value is -2.43. The first-order chi connectivity index (χ1) is 12.1. The van der Waals surface area contributed by atoms with E-state index in [0.717, 1.165) is 16.3 Å². The summed E-state index contributed by atoms with van der Waals surface area (Å²) >= 11 is 0. The normalized spacial score (nSPS) is 37.6. The SMILES string of the molecule is CN(C)c1ccc(/C=N\N2C(=O)[C@@H]3[C@@H]4C=C[C@H]([C@@H]5C[C@H]45)[C@@H]3C2=O)cc1. The van der Waals surface area contributed by atoms with Crippen molar-refractivity contribution < 1.29 is 9.59 Å². The molecule has 0 unspecified atom stereocenters. The second-order valence-corrected chi connectivity index (χ2v) is 7.87. The highest BCUT2D eigenvalue weighted by Crippen LogP contribution is 2.65. The lowest BCUT2D eigenvalue weighted by atomic mass is 9.63. The summed E-state index contributed by atoms with van der Waals surface area (Å²) in [7, 11) is 3.97. The van der Waals surface area contributed by atoms with Crippen LogP contribution in [0.5, 0.6) is 0 Å². The minimum atomic E-state index is -0.181. The van der Waals surface area contributed by atoms with Crippen LogP contribution in [-0.4, -0.2) is 37.1 Å². The largest absolute Gasteiger partial charge is 0.378 e. The molecule has 5 heteroatoms. The van der Waals surface area contributed by atoms with Crippen LogP contribution in [0.1, 0.15) is 12.0 Å². The Labute approximate surface area is 147 Å². The summed E-state index contributed by atoms with van der Waals surface area (Å²) < 4.78 is 0. The van der Waals surface area contributed by atoms with E-state index in [1.54, 1.807) is 6.21 Å². The fourth-order valence-electron chi connectivity index (χ4n) is 5.04. The molecular formula is C20H21N3O2. The monoisotopic (exact) mass is 335 g/mol. The maximum atomic E-state index is 12.8. The lowest BCUT2D eigenvalue weighted by Gasteiger charge is -2.37. The molecule has 5 nitrogen and oxygen atoms in total. The smallest absolute Gasteiger partial charge is 0.254 e. The Balaban J connectivity index is 1.39. The summed E-state index contributed by atoms with van der Waals surface area (Å²) in [5.74, 6) is 1.15. The standard InChI is InChI=1S/C20H21N3O2/c1-22(2)12-5-3-11(4-6-12)10-21-23-19(24)17-13-7-8-14(16-9-15(13)16)18(17)20(23)25/h3-8,10,13-18H,9H2,1-2H3/b21-10-/t13-,14-,15-,16+,17-,18+/m1/s1. The number of amides is 2. The highest BCUT2D eigenvalue weighted by Gasteiger charge is 2.67. The molecule has 0 radical (unpaired) electrons. The van der Waals surface area contributed by atoms with Gasteiger partial charge in [0.1, 0.15) is 0 Å². The van der Waals surface area contributed by atoms with E-state index in [9.17, 15) is 9.59 Å². The molecular weight excluding hydrogens is 314 g/mol. The molecule has 6 rings (SSSR count). The maximum Gasteiger partial charge on any atom is 0.254 e. The van der Waals surface area contributed by atoms with Gasteiger partial charge in [-0.1, -0.05) is 24.3 Å². The van der Waals surface area contributed by atoms with Crippen LogP contribution in [0.4, 0.5) is 5.69 Å². The fraction of sp³-hybridized carbons (Fsp3) is 0.450. The summed E-state index contributed by atoms with van der Waals surface area (Å²) in [4.78, 5) is 27.7. The van der Waals surface area contributed by atoms with Gasteiger partial charge in [-0.3, -0.25) is 9.59 Å². The van der Waals surface area contributed by atoms with Gasteiger partial charge < -0.3 is 4.90 Å². The molecule has 2 bridgehead atoms. The van der Waals surface area contributed by atoms with Crippen LogP contribution < -0.4 is 4.90 Å². The predicted octanol–water partition coefficient (Wildman–Crippen LogP) is 2.14. The van der Waals surface area contributed by atoms with Gasteiger partial charge in [-0.15, -0.1) is 0 Å². The number of nitrogens with zero attached hydrogens (tertiary/aromatic N) is 3. The summed E-state index contributed by atoms with van der Waals surface area (Å²) in [6, 6.07) is 7.87. The molecule has 1 saturated heterocycles. The van der Waals surface area contributed by atoms with Crippen LogP contribution in [0.25, 0.3) is 0 Å². The second kappa shape index (κ2) is 5.04. The highest BCUT2D eigenvalue weighted by atomic mass is 16.2. The van der Waals surface area contributed by atoms with E-state index >= 15 is 0 Å². The number of carbonyl (C=O) groups excluding carboxylic acids is 2. The van der Waals surface area contributed by atoms with Gasteiger partial charge in [0.25, 0.3) is 11.8 Å². The number of hydrogen-bond acceptors (Lipinski definition) is 4. The summed E-state index contributed by atoms with van der Waals surface area (Å²) in [5, 5.41) is 5.39. The van der Waals surface area contributed by atoms with Crippen LogP contribution in [0, 0.1) is 35.5 Å². The fourth-order valence-corrected chi connectivity index (χ4v) is 5.04. The van der Waals surface area contributed by atoms with Crippen LogP contribution in [-0.2, 0) is 9.59 Å². The zero-order valence-corrected chi connectivity index (χ0v) is 14.4. The van der Waals surface area contributed by atoms with E-state index in [0.29, 0.717) is 11.8 Å². The minimum absolute atomic E-state index is 0.110. The van der Waals surface area contributed by atoms with E-state index in [-0.39, 0.29) is 35.5 Å². The molecule has 6 atom stereocenters. The average Bonchev–Trinajstić information content (AvgIpc) is 3.39. The van der Waals surface area contributed by atoms with Crippen LogP contribution in [0.2, 0.25) is 0 Å². The average molecular weight is 335 g/mol. The zero-order valence-electron chi connectivity index (χ0n) is 14.4. The Kier molecular flexibility index (Phi) is 3.00.